The minimum Gasteiger partial charge on any atom is -0.493 e. The maximum Gasteiger partial charge on any atom is 0.162 e. The fourth-order valence-corrected chi connectivity index (χ4v) is 3.23. The molecule has 1 N–H and O–H groups in total. The van der Waals surface area contributed by atoms with E-state index in [1.165, 1.54) is 4.88 Å². The van der Waals surface area contributed by atoms with Gasteiger partial charge < -0.3 is 14.8 Å². The van der Waals surface area contributed by atoms with Crippen LogP contribution in [-0.4, -0.2) is 14.2 Å². The van der Waals surface area contributed by atoms with Crippen LogP contribution in [0.15, 0.2) is 28.1 Å². The summed E-state index contributed by atoms with van der Waals surface area (Å²) >= 11 is 11.3. The standard InChI is InChI=1S/C13H13BrClNO2S/c1-17-12-4-10(15)11(5-13(12)18-2)16-6-9-3-8(14)7-19-9/h3-5,7,16H,6H2,1-2H3. The molecule has 0 spiro atoms. The van der Waals surface area contributed by atoms with Crippen LogP contribution < -0.4 is 14.8 Å². The lowest BCUT2D eigenvalue weighted by atomic mass is 10.2. The lowest BCUT2D eigenvalue weighted by molar-refractivity contribution is 0.355. The third kappa shape index (κ3) is 3.55. The molecule has 1 heterocycles. The van der Waals surface area contributed by atoms with Gasteiger partial charge in [-0.2, -0.15) is 0 Å². The first-order chi connectivity index (χ1) is 9.13. The molecular formula is C13H13BrClNO2S. The molecule has 0 aliphatic heterocycles. The maximum absolute atomic E-state index is 6.20. The molecule has 2 rings (SSSR count). The second kappa shape index (κ2) is 6.50. The second-order valence-electron chi connectivity index (χ2n) is 3.77. The van der Waals surface area contributed by atoms with Gasteiger partial charge in [0.15, 0.2) is 11.5 Å². The maximum atomic E-state index is 6.20. The molecule has 6 heteroatoms. The number of methoxy groups -OCH3 is 2. The van der Waals surface area contributed by atoms with Crippen molar-refractivity contribution in [1.29, 1.82) is 0 Å². The third-order valence-corrected chi connectivity index (χ3v) is 4.56. The Balaban J connectivity index is 2.15. The molecule has 0 aliphatic carbocycles. The molecule has 0 radical (unpaired) electrons. The van der Waals surface area contributed by atoms with Crippen molar-refractivity contribution in [3.63, 3.8) is 0 Å². The lowest BCUT2D eigenvalue weighted by Crippen LogP contribution is -1.99. The quantitative estimate of drug-likeness (QED) is 0.829. The van der Waals surface area contributed by atoms with E-state index in [1.54, 1.807) is 31.6 Å². The van der Waals surface area contributed by atoms with Crippen molar-refractivity contribution in [1.82, 2.24) is 0 Å². The Hall–Kier alpha value is -0.910. The summed E-state index contributed by atoms with van der Waals surface area (Å²) in [4.78, 5) is 1.22. The molecule has 0 atom stereocenters. The minimum absolute atomic E-state index is 0.605. The molecular weight excluding hydrogens is 350 g/mol. The van der Waals surface area contributed by atoms with Crippen LogP contribution in [0.25, 0.3) is 0 Å². The van der Waals surface area contributed by atoms with Gasteiger partial charge in [-0.15, -0.1) is 11.3 Å². The molecule has 0 unspecified atom stereocenters. The summed E-state index contributed by atoms with van der Waals surface area (Å²) in [7, 11) is 3.19. The molecule has 19 heavy (non-hydrogen) atoms. The number of benzene rings is 1. The second-order valence-corrected chi connectivity index (χ2v) is 6.09. The average molecular weight is 363 g/mol. The van der Waals surface area contributed by atoms with E-state index in [0.29, 0.717) is 23.1 Å². The number of anilines is 1. The molecule has 1 aromatic carbocycles. The Labute approximate surface area is 129 Å². The van der Waals surface area contributed by atoms with Gasteiger partial charge in [-0.25, -0.2) is 0 Å². The van der Waals surface area contributed by atoms with Crippen LogP contribution in [0.4, 0.5) is 5.69 Å². The van der Waals surface area contributed by atoms with E-state index in [4.69, 9.17) is 21.1 Å². The number of hydrogen-bond acceptors (Lipinski definition) is 4. The molecule has 0 amide bonds. The molecule has 3 nitrogen and oxygen atoms in total. The van der Waals surface area contributed by atoms with Crippen molar-refractivity contribution in [2.24, 2.45) is 0 Å². The van der Waals surface area contributed by atoms with Crippen molar-refractivity contribution >= 4 is 44.6 Å². The number of ether oxygens (including phenoxy) is 2. The zero-order valence-electron chi connectivity index (χ0n) is 10.5. The van der Waals surface area contributed by atoms with Crippen molar-refractivity contribution in [3.05, 3.63) is 38.0 Å². The van der Waals surface area contributed by atoms with Gasteiger partial charge in [-0.1, -0.05) is 11.6 Å². The van der Waals surface area contributed by atoms with Gasteiger partial charge >= 0.3 is 0 Å². The van der Waals surface area contributed by atoms with Gasteiger partial charge in [0.1, 0.15) is 0 Å². The molecule has 2 aromatic rings. The van der Waals surface area contributed by atoms with Crippen LogP contribution >= 0.6 is 38.9 Å². The van der Waals surface area contributed by atoms with E-state index in [0.717, 1.165) is 10.2 Å². The largest absolute Gasteiger partial charge is 0.493 e. The molecule has 1 aromatic heterocycles. The van der Waals surface area contributed by atoms with Crippen LogP contribution in [0.2, 0.25) is 5.02 Å². The number of rotatable bonds is 5. The first kappa shape index (κ1) is 14.5. The highest BCUT2D eigenvalue weighted by Gasteiger charge is 2.09. The Kier molecular flexibility index (Phi) is 4.96. The Morgan fingerprint density at radius 3 is 2.47 bits per heavy atom. The lowest BCUT2D eigenvalue weighted by Gasteiger charge is -2.12. The first-order valence-corrected chi connectivity index (χ1v) is 7.57. The highest BCUT2D eigenvalue weighted by atomic mass is 79.9. The van der Waals surface area contributed by atoms with Crippen LogP contribution in [0.1, 0.15) is 4.88 Å². The topological polar surface area (TPSA) is 30.5 Å². The summed E-state index contributed by atoms with van der Waals surface area (Å²) in [5.74, 6) is 1.28. The SMILES string of the molecule is COc1cc(Cl)c(NCc2cc(Br)cs2)cc1OC. The van der Waals surface area contributed by atoms with E-state index >= 15 is 0 Å². The average Bonchev–Trinajstić information content (AvgIpc) is 2.82. The fourth-order valence-electron chi connectivity index (χ4n) is 1.62. The summed E-state index contributed by atoms with van der Waals surface area (Å²) in [6, 6.07) is 5.66. The summed E-state index contributed by atoms with van der Waals surface area (Å²) in [5.41, 5.74) is 0.823. The van der Waals surface area contributed by atoms with Crippen LogP contribution in [0, 0.1) is 0 Å². The minimum atomic E-state index is 0.605. The number of hydrogen-bond donors (Lipinski definition) is 1. The molecule has 0 bridgehead atoms. The fraction of sp³-hybridized carbons (Fsp3) is 0.231. The monoisotopic (exact) mass is 361 g/mol. The van der Waals surface area contributed by atoms with Gasteiger partial charge in [0.05, 0.1) is 24.9 Å². The first-order valence-electron chi connectivity index (χ1n) is 5.52. The Bertz CT molecular complexity index is 574. The van der Waals surface area contributed by atoms with E-state index < -0.39 is 0 Å². The van der Waals surface area contributed by atoms with Gasteiger partial charge in [0, 0.05) is 33.4 Å². The highest BCUT2D eigenvalue weighted by Crippen LogP contribution is 2.36. The predicted octanol–water partition coefficient (Wildman–Crippen LogP) is 4.79. The zero-order chi connectivity index (χ0) is 13.8. The molecule has 0 aliphatic rings. The number of thiophene rings is 1. The van der Waals surface area contributed by atoms with Gasteiger partial charge in [-0.05, 0) is 22.0 Å². The number of nitrogens with one attached hydrogen (secondary N) is 1. The van der Waals surface area contributed by atoms with E-state index in [1.807, 2.05) is 11.4 Å². The normalized spacial score (nSPS) is 10.3. The molecule has 0 fully saturated rings. The van der Waals surface area contributed by atoms with E-state index in [2.05, 4.69) is 27.3 Å². The third-order valence-electron chi connectivity index (χ3n) is 2.55. The van der Waals surface area contributed by atoms with Gasteiger partial charge in [-0.3, -0.25) is 0 Å². The van der Waals surface area contributed by atoms with E-state index in [9.17, 15) is 0 Å². The van der Waals surface area contributed by atoms with Crippen molar-refractivity contribution in [2.75, 3.05) is 19.5 Å². The van der Waals surface area contributed by atoms with Crippen molar-refractivity contribution in [3.8, 4) is 11.5 Å². The molecule has 102 valence electrons. The predicted molar refractivity (Wildman–Crippen MR) is 83.9 cm³/mol. The smallest absolute Gasteiger partial charge is 0.162 e. The van der Waals surface area contributed by atoms with E-state index in [-0.39, 0.29) is 0 Å². The summed E-state index contributed by atoms with van der Waals surface area (Å²) in [6.07, 6.45) is 0. The zero-order valence-corrected chi connectivity index (χ0v) is 13.7. The Morgan fingerprint density at radius 1 is 1.21 bits per heavy atom. The molecule has 0 saturated carbocycles. The summed E-state index contributed by atoms with van der Waals surface area (Å²) in [6.45, 7) is 0.714. The number of halogens is 2. The van der Waals surface area contributed by atoms with Crippen molar-refractivity contribution in [2.45, 2.75) is 6.54 Å². The Morgan fingerprint density at radius 2 is 1.89 bits per heavy atom. The summed E-state index contributed by atoms with van der Waals surface area (Å²) in [5, 5.41) is 5.94. The van der Waals surface area contributed by atoms with Crippen molar-refractivity contribution < 1.29 is 9.47 Å². The van der Waals surface area contributed by atoms with Gasteiger partial charge in [0.2, 0.25) is 0 Å². The van der Waals surface area contributed by atoms with Crippen LogP contribution in [-0.2, 0) is 6.54 Å². The summed E-state index contributed by atoms with van der Waals surface area (Å²) < 4.78 is 11.5. The highest BCUT2D eigenvalue weighted by molar-refractivity contribution is 9.10. The van der Waals surface area contributed by atoms with Crippen LogP contribution in [0.5, 0.6) is 11.5 Å². The van der Waals surface area contributed by atoms with Crippen LogP contribution in [0.3, 0.4) is 0 Å². The van der Waals surface area contributed by atoms with Gasteiger partial charge in [0.25, 0.3) is 0 Å². The molecule has 0 saturated heterocycles.